The van der Waals surface area contributed by atoms with Crippen LogP contribution < -0.4 is 20.7 Å². The molecule has 6 nitrogen and oxygen atoms in total. The second kappa shape index (κ2) is 11.1. The summed E-state index contributed by atoms with van der Waals surface area (Å²) in [5.41, 5.74) is 0.500. The molecule has 0 aliphatic heterocycles. The summed E-state index contributed by atoms with van der Waals surface area (Å²) in [6.45, 7) is 3.56. The Morgan fingerprint density at radius 2 is 1.60 bits per heavy atom. The number of benzene rings is 2. The van der Waals surface area contributed by atoms with Gasteiger partial charge in [-0.15, -0.1) is 0 Å². The number of carbonyl (C=O) groups is 1. The maximum Gasteiger partial charge on any atom is 0.416 e. The van der Waals surface area contributed by atoms with Crippen molar-refractivity contribution in [3.8, 4) is 5.75 Å². The van der Waals surface area contributed by atoms with Crippen molar-refractivity contribution in [3.63, 3.8) is 0 Å². The fraction of sp³-hybridized carbons (Fsp3) is 0.333. The molecule has 0 heterocycles. The van der Waals surface area contributed by atoms with Gasteiger partial charge in [-0.05, 0) is 48.9 Å². The molecule has 9 heteroatoms. The highest BCUT2D eigenvalue weighted by Gasteiger charge is 2.29. The fourth-order valence-electron chi connectivity index (χ4n) is 2.51. The van der Waals surface area contributed by atoms with Gasteiger partial charge in [-0.2, -0.15) is 13.2 Å². The van der Waals surface area contributed by atoms with Crippen molar-refractivity contribution >= 4 is 11.9 Å². The molecule has 0 bridgehead atoms. The average molecular weight is 422 g/mol. The van der Waals surface area contributed by atoms with Crippen molar-refractivity contribution in [2.24, 2.45) is 4.99 Å². The molecule has 3 N–H and O–H groups in total. The maximum absolute atomic E-state index is 12.6. The van der Waals surface area contributed by atoms with Crippen LogP contribution in [0.5, 0.6) is 5.75 Å². The Morgan fingerprint density at radius 1 is 0.967 bits per heavy atom. The predicted octanol–water partition coefficient (Wildman–Crippen LogP) is 3.20. The van der Waals surface area contributed by atoms with Crippen molar-refractivity contribution < 1.29 is 22.7 Å². The van der Waals surface area contributed by atoms with Crippen molar-refractivity contribution in [1.29, 1.82) is 0 Å². The lowest BCUT2D eigenvalue weighted by atomic mass is 10.1. The predicted molar refractivity (Wildman–Crippen MR) is 110 cm³/mol. The molecule has 162 valence electrons. The van der Waals surface area contributed by atoms with Gasteiger partial charge in [0.15, 0.2) is 5.96 Å². The Balaban J connectivity index is 1.82. The van der Waals surface area contributed by atoms with Crippen molar-refractivity contribution in [3.05, 3.63) is 65.2 Å². The molecule has 0 spiro atoms. The molecular weight excluding hydrogens is 397 g/mol. The molecule has 30 heavy (non-hydrogen) atoms. The Hall–Kier alpha value is -3.23. The second-order valence-corrected chi connectivity index (χ2v) is 6.30. The van der Waals surface area contributed by atoms with Gasteiger partial charge in [-0.3, -0.25) is 4.79 Å². The number of alkyl halides is 3. The number of aliphatic imine (C=N–C) groups is 1. The van der Waals surface area contributed by atoms with Crippen LogP contribution in [0.25, 0.3) is 0 Å². The first-order chi connectivity index (χ1) is 14.3. The van der Waals surface area contributed by atoms with Gasteiger partial charge in [0.05, 0.1) is 19.2 Å². The maximum atomic E-state index is 12.6. The van der Waals surface area contributed by atoms with Gasteiger partial charge in [0.1, 0.15) is 5.75 Å². The van der Waals surface area contributed by atoms with Crippen LogP contribution in [0.3, 0.4) is 0 Å². The van der Waals surface area contributed by atoms with Crippen LogP contribution in [0.15, 0.2) is 53.5 Å². The lowest BCUT2D eigenvalue weighted by Gasteiger charge is -2.12. The molecule has 0 radical (unpaired) electrons. The quantitative estimate of drug-likeness (QED) is 0.347. The summed E-state index contributed by atoms with van der Waals surface area (Å²) in [6.07, 6.45) is -4.35. The molecule has 0 saturated carbocycles. The summed E-state index contributed by atoms with van der Waals surface area (Å²) in [6, 6.07) is 11.7. The largest absolute Gasteiger partial charge is 0.497 e. The van der Waals surface area contributed by atoms with Crippen molar-refractivity contribution in [1.82, 2.24) is 16.0 Å². The Bertz CT molecular complexity index is 835. The highest BCUT2D eigenvalue weighted by atomic mass is 19.4. The Labute approximate surface area is 173 Å². The zero-order chi connectivity index (χ0) is 22.0. The first-order valence-corrected chi connectivity index (χ1v) is 9.44. The van der Waals surface area contributed by atoms with E-state index in [1.807, 2.05) is 6.92 Å². The molecule has 0 unspecified atom stereocenters. The zero-order valence-corrected chi connectivity index (χ0v) is 16.8. The number of nitrogens with one attached hydrogen (secondary N) is 3. The van der Waals surface area contributed by atoms with E-state index in [0.717, 1.165) is 12.1 Å². The van der Waals surface area contributed by atoms with E-state index in [-0.39, 0.29) is 12.5 Å². The van der Waals surface area contributed by atoms with Gasteiger partial charge in [0.25, 0.3) is 5.91 Å². The van der Waals surface area contributed by atoms with Crippen LogP contribution in [0, 0.1) is 0 Å². The molecule has 2 aromatic carbocycles. The van der Waals surface area contributed by atoms with Crippen LogP contribution in [0.1, 0.15) is 28.4 Å². The number of hydrogen-bond acceptors (Lipinski definition) is 3. The van der Waals surface area contributed by atoms with Crippen LogP contribution in [-0.4, -0.2) is 38.6 Å². The third kappa shape index (κ3) is 7.31. The number of nitrogens with zero attached hydrogens (tertiary/aromatic N) is 1. The lowest BCUT2D eigenvalue weighted by Crippen LogP contribution is -2.41. The molecule has 2 aromatic rings. The minimum absolute atomic E-state index is 0.203. The van der Waals surface area contributed by atoms with Crippen LogP contribution >= 0.6 is 0 Å². The monoisotopic (exact) mass is 422 g/mol. The summed E-state index contributed by atoms with van der Waals surface area (Å²) in [5.74, 6) is 0.981. The molecule has 0 aliphatic rings. The highest BCUT2D eigenvalue weighted by molar-refractivity contribution is 5.94. The van der Waals surface area contributed by atoms with Gasteiger partial charge < -0.3 is 20.7 Å². The standard InChI is InChI=1S/C21H25F3N4O2/c1-3-25-20(28-14-15-4-8-17(9-5-15)21(22,23)24)27-13-12-26-19(29)16-6-10-18(30-2)11-7-16/h4-11H,3,12-14H2,1-2H3,(H,26,29)(H2,25,27,28). The zero-order valence-electron chi connectivity index (χ0n) is 16.8. The first-order valence-electron chi connectivity index (χ1n) is 9.44. The van der Waals surface area contributed by atoms with Crippen LogP contribution in [0.2, 0.25) is 0 Å². The van der Waals surface area contributed by atoms with Gasteiger partial charge in [-0.1, -0.05) is 12.1 Å². The number of halogens is 3. The number of methoxy groups -OCH3 is 1. The molecule has 2 rings (SSSR count). The van der Waals surface area contributed by atoms with E-state index in [4.69, 9.17) is 4.74 Å². The van der Waals surface area contributed by atoms with E-state index in [1.54, 1.807) is 31.4 Å². The smallest absolute Gasteiger partial charge is 0.416 e. The van der Waals surface area contributed by atoms with Crippen molar-refractivity contribution in [2.45, 2.75) is 19.6 Å². The number of ether oxygens (including phenoxy) is 1. The summed E-state index contributed by atoms with van der Waals surface area (Å²) in [7, 11) is 1.56. The van der Waals surface area contributed by atoms with E-state index in [1.165, 1.54) is 12.1 Å². The number of carbonyl (C=O) groups excluding carboxylic acids is 1. The van der Waals surface area contributed by atoms with E-state index < -0.39 is 11.7 Å². The Kier molecular flexibility index (Phi) is 8.52. The molecule has 0 fully saturated rings. The Morgan fingerprint density at radius 3 is 2.17 bits per heavy atom. The minimum Gasteiger partial charge on any atom is -0.497 e. The van der Waals surface area contributed by atoms with Gasteiger partial charge >= 0.3 is 6.18 Å². The van der Waals surface area contributed by atoms with Gasteiger partial charge in [-0.25, -0.2) is 4.99 Å². The van der Waals surface area contributed by atoms with E-state index in [2.05, 4.69) is 20.9 Å². The molecule has 0 saturated heterocycles. The topological polar surface area (TPSA) is 74.8 Å². The summed E-state index contributed by atoms with van der Waals surface area (Å²) >= 11 is 0. The summed E-state index contributed by atoms with van der Waals surface area (Å²) in [5, 5.41) is 8.93. The third-order valence-corrected chi connectivity index (χ3v) is 4.10. The number of rotatable bonds is 8. The van der Waals surface area contributed by atoms with Gasteiger partial charge in [0, 0.05) is 25.2 Å². The van der Waals surface area contributed by atoms with Crippen molar-refractivity contribution in [2.75, 3.05) is 26.7 Å². The molecule has 0 atom stereocenters. The molecule has 0 aromatic heterocycles. The highest BCUT2D eigenvalue weighted by Crippen LogP contribution is 2.29. The van der Waals surface area contributed by atoms with Crippen LogP contribution in [-0.2, 0) is 12.7 Å². The number of amides is 1. The molecule has 1 amide bonds. The average Bonchev–Trinajstić information content (AvgIpc) is 2.74. The second-order valence-electron chi connectivity index (χ2n) is 6.30. The van der Waals surface area contributed by atoms with E-state index >= 15 is 0 Å². The normalized spacial score (nSPS) is 11.7. The summed E-state index contributed by atoms with van der Waals surface area (Å²) in [4.78, 5) is 16.5. The third-order valence-electron chi connectivity index (χ3n) is 4.10. The number of guanidine groups is 1. The molecule has 0 aliphatic carbocycles. The SMILES string of the molecule is CCNC(=NCc1ccc(C(F)(F)F)cc1)NCCNC(=O)c1ccc(OC)cc1. The summed E-state index contributed by atoms with van der Waals surface area (Å²) < 4.78 is 42.9. The first kappa shape index (κ1) is 23.1. The number of hydrogen-bond donors (Lipinski definition) is 3. The fourth-order valence-corrected chi connectivity index (χ4v) is 2.51. The lowest BCUT2D eigenvalue weighted by molar-refractivity contribution is -0.137. The van der Waals surface area contributed by atoms with Crippen LogP contribution in [0.4, 0.5) is 13.2 Å². The minimum atomic E-state index is -4.35. The van der Waals surface area contributed by atoms with E-state index in [9.17, 15) is 18.0 Å². The molecular formula is C21H25F3N4O2. The van der Waals surface area contributed by atoms with Gasteiger partial charge in [0.2, 0.25) is 0 Å². The van der Waals surface area contributed by atoms with E-state index in [0.29, 0.717) is 42.5 Å².